The molecule has 0 atom stereocenters. The van der Waals surface area contributed by atoms with Crippen molar-refractivity contribution in [1.29, 1.82) is 0 Å². The fraction of sp³-hybridized carbons (Fsp3) is 0.297. The molecular formula is C37H38O6S2. The van der Waals surface area contributed by atoms with Crippen molar-refractivity contribution in [3.05, 3.63) is 119 Å². The Labute approximate surface area is 275 Å². The highest BCUT2D eigenvalue weighted by Crippen LogP contribution is 2.56. The Morgan fingerprint density at radius 1 is 0.556 bits per heavy atom. The van der Waals surface area contributed by atoms with Gasteiger partial charge in [-0.25, -0.2) is 0 Å². The number of carbonyl (C=O) groups is 2. The minimum atomic E-state index is -0.855. The van der Waals surface area contributed by atoms with Crippen LogP contribution in [0.2, 0.25) is 0 Å². The molecule has 0 heterocycles. The number of esters is 2. The first-order valence-electron chi connectivity index (χ1n) is 14.9. The molecule has 45 heavy (non-hydrogen) atoms. The van der Waals surface area contributed by atoms with E-state index >= 15 is 0 Å². The maximum absolute atomic E-state index is 12.0. The summed E-state index contributed by atoms with van der Waals surface area (Å²) < 4.78 is 20.7. The first kappa shape index (κ1) is 32.5. The van der Waals surface area contributed by atoms with Crippen LogP contribution in [-0.4, -0.2) is 47.9 Å². The van der Waals surface area contributed by atoms with E-state index in [-0.39, 0.29) is 38.4 Å². The topological polar surface area (TPSA) is 71.1 Å². The number of thiol groups is 2. The molecule has 0 aliphatic heterocycles. The molecule has 0 N–H and O–H groups in total. The summed E-state index contributed by atoms with van der Waals surface area (Å²) in [6.07, 6.45) is 0. The molecule has 0 amide bonds. The largest absolute Gasteiger partial charge is 0.490 e. The first-order chi connectivity index (χ1) is 21.4. The van der Waals surface area contributed by atoms with Crippen LogP contribution in [0.5, 0.6) is 11.5 Å². The molecular weight excluding hydrogens is 605 g/mol. The number of ether oxygens (including phenoxy) is 4. The maximum atomic E-state index is 12.0. The highest BCUT2D eigenvalue weighted by atomic mass is 32.1. The Morgan fingerprint density at radius 2 is 0.911 bits per heavy atom. The van der Waals surface area contributed by atoms with Crippen LogP contribution in [0.25, 0.3) is 11.1 Å². The number of hydrogen-bond donors (Lipinski definition) is 2. The summed E-state index contributed by atoms with van der Waals surface area (Å²) in [4.78, 5) is 24.0. The maximum Gasteiger partial charge on any atom is 0.321 e. The molecule has 0 saturated carbocycles. The third kappa shape index (κ3) is 6.87. The smallest absolute Gasteiger partial charge is 0.321 e. The molecule has 0 aromatic heterocycles. The Bertz CT molecular complexity index is 1530. The fourth-order valence-corrected chi connectivity index (χ4v) is 5.70. The van der Waals surface area contributed by atoms with Crippen molar-refractivity contribution in [3.63, 3.8) is 0 Å². The summed E-state index contributed by atoms with van der Waals surface area (Å²) in [6, 6.07) is 33.2. The van der Waals surface area contributed by atoms with Gasteiger partial charge in [-0.3, -0.25) is 9.59 Å². The van der Waals surface area contributed by atoms with Gasteiger partial charge < -0.3 is 18.9 Å². The van der Waals surface area contributed by atoms with Crippen molar-refractivity contribution in [3.8, 4) is 22.6 Å². The number of hydrogen-bond acceptors (Lipinski definition) is 8. The predicted octanol–water partition coefficient (Wildman–Crippen LogP) is 7.31. The Morgan fingerprint density at radius 3 is 1.27 bits per heavy atom. The molecule has 1 aliphatic carbocycles. The summed E-state index contributed by atoms with van der Waals surface area (Å²) in [5.74, 6) is 0.589. The number of rotatable bonds is 12. The van der Waals surface area contributed by atoms with Gasteiger partial charge in [-0.15, -0.1) is 0 Å². The van der Waals surface area contributed by atoms with Gasteiger partial charge in [0, 0.05) is 0 Å². The number of carbonyl (C=O) groups excluding carboxylic acids is 2. The summed E-state index contributed by atoms with van der Waals surface area (Å²) in [5, 5.41) is 0. The van der Waals surface area contributed by atoms with Gasteiger partial charge in [0.1, 0.15) is 47.4 Å². The quantitative estimate of drug-likeness (QED) is 0.0845. The predicted molar refractivity (Wildman–Crippen MR) is 183 cm³/mol. The molecule has 0 fully saturated rings. The Balaban J connectivity index is 1.41. The van der Waals surface area contributed by atoms with E-state index in [0.717, 1.165) is 11.1 Å². The fourth-order valence-electron chi connectivity index (χ4n) is 5.57. The number of fused-ring (bicyclic) bond motifs is 3. The zero-order valence-corrected chi connectivity index (χ0v) is 27.7. The lowest BCUT2D eigenvalue weighted by molar-refractivity contribution is -0.147. The van der Waals surface area contributed by atoms with E-state index in [9.17, 15) is 9.59 Å². The monoisotopic (exact) mass is 642 g/mol. The van der Waals surface area contributed by atoms with E-state index in [1.54, 1.807) is 27.7 Å². The molecule has 5 rings (SSSR count). The normalized spacial score (nSPS) is 13.4. The van der Waals surface area contributed by atoms with Crippen LogP contribution in [0, 0.1) is 0 Å². The second kappa shape index (κ2) is 13.2. The zero-order valence-electron chi connectivity index (χ0n) is 25.9. The second-order valence-corrected chi connectivity index (χ2v) is 14.2. The van der Waals surface area contributed by atoms with Gasteiger partial charge in [0.2, 0.25) is 0 Å². The molecule has 0 unspecified atom stereocenters. The first-order valence-corrected chi connectivity index (χ1v) is 15.8. The van der Waals surface area contributed by atoms with Crippen molar-refractivity contribution < 1.29 is 28.5 Å². The minimum Gasteiger partial charge on any atom is -0.490 e. The van der Waals surface area contributed by atoms with E-state index in [4.69, 9.17) is 18.9 Å². The minimum absolute atomic E-state index is 0.138. The zero-order chi connectivity index (χ0) is 32.2. The molecule has 0 radical (unpaired) electrons. The van der Waals surface area contributed by atoms with E-state index in [2.05, 4.69) is 98.1 Å². The van der Waals surface area contributed by atoms with Crippen LogP contribution in [-0.2, 0) is 24.5 Å². The van der Waals surface area contributed by atoms with Gasteiger partial charge in [0.25, 0.3) is 0 Å². The van der Waals surface area contributed by atoms with Crippen molar-refractivity contribution >= 4 is 37.2 Å². The molecule has 8 heteroatoms. The molecule has 234 valence electrons. The Hall–Kier alpha value is -3.88. The molecule has 4 aromatic rings. The van der Waals surface area contributed by atoms with Crippen molar-refractivity contribution in [2.75, 3.05) is 26.4 Å². The van der Waals surface area contributed by atoms with Gasteiger partial charge in [0.15, 0.2) is 0 Å². The molecule has 4 aromatic carbocycles. The van der Waals surface area contributed by atoms with Gasteiger partial charge in [0.05, 0.1) is 5.41 Å². The van der Waals surface area contributed by atoms with Gasteiger partial charge in [-0.2, -0.15) is 25.3 Å². The average Bonchev–Trinajstić information content (AvgIpc) is 3.32. The lowest BCUT2D eigenvalue weighted by atomic mass is 9.68. The lowest BCUT2D eigenvalue weighted by Crippen LogP contribution is -2.29. The lowest BCUT2D eigenvalue weighted by Gasteiger charge is -2.34. The van der Waals surface area contributed by atoms with Crippen LogP contribution in [0.4, 0.5) is 0 Å². The van der Waals surface area contributed by atoms with E-state index in [1.807, 2.05) is 24.3 Å². The average molecular weight is 643 g/mol. The summed E-state index contributed by atoms with van der Waals surface area (Å²) in [7, 11) is 0. The third-order valence-corrected chi connectivity index (χ3v) is 8.06. The number of benzene rings is 4. The summed E-state index contributed by atoms with van der Waals surface area (Å²) >= 11 is 8.50. The van der Waals surface area contributed by atoms with Crippen LogP contribution in [0.1, 0.15) is 49.9 Å². The van der Waals surface area contributed by atoms with E-state index in [1.165, 1.54) is 22.3 Å². The van der Waals surface area contributed by atoms with Crippen LogP contribution in [0.3, 0.4) is 0 Å². The van der Waals surface area contributed by atoms with Gasteiger partial charge >= 0.3 is 11.9 Å². The van der Waals surface area contributed by atoms with Gasteiger partial charge in [-0.05, 0) is 85.3 Å². The standard InChI is InChI=1S/C37H38O6S2/c1-35(2,44)33(38)42-23-21-40-27-17-13-25(14-18-27)37(31-11-7-5-9-29(31)30-10-6-8-12-32(30)37)26-15-19-28(20-16-26)41-22-24-43-34(39)36(3,4)45/h5-20,44-45H,21-24H2,1-4H3. The van der Waals surface area contributed by atoms with Crippen LogP contribution >= 0.6 is 25.3 Å². The second-order valence-electron chi connectivity index (χ2n) is 12.0. The van der Waals surface area contributed by atoms with E-state index in [0.29, 0.717) is 11.5 Å². The SMILES string of the molecule is CC(C)(S)C(=O)OCCOc1ccc(C2(c3ccc(OCCOC(=O)C(C)(C)S)cc3)c3ccccc3-c3ccccc32)cc1. The van der Waals surface area contributed by atoms with Crippen molar-refractivity contribution in [1.82, 2.24) is 0 Å². The highest BCUT2D eigenvalue weighted by molar-refractivity contribution is 7.82. The molecule has 0 bridgehead atoms. The summed E-state index contributed by atoms with van der Waals surface area (Å²) in [5.41, 5.74) is 6.36. The molecule has 0 saturated heterocycles. The molecule has 0 spiro atoms. The van der Waals surface area contributed by atoms with Crippen LogP contribution in [0.15, 0.2) is 97.1 Å². The van der Waals surface area contributed by atoms with E-state index < -0.39 is 14.9 Å². The Kier molecular flexibility index (Phi) is 9.56. The van der Waals surface area contributed by atoms with Gasteiger partial charge in [-0.1, -0.05) is 72.8 Å². The van der Waals surface area contributed by atoms with Crippen LogP contribution < -0.4 is 9.47 Å². The van der Waals surface area contributed by atoms with Crippen molar-refractivity contribution in [2.24, 2.45) is 0 Å². The van der Waals surface area contributed by atoms with Crippen molar-refractivity contribution in [2.45, 2.75) is 42.6 Å². The molecule has 6 nitrogen and oxygen atoms in total. The highest BCUT2D eigenvalue weighted by Gasteiger charge is 2.45. The third-order valence-electron chi connectivity index (χ3n) is 7.70. The summed E-state index contributed by atoms with van der Waals surface area (Å²) in [6.45, 7) is 7.52. The molecule has 1 aliphatic rings.